The average Bonchev–Trinajstić information content (AvgIpc) is 2.98. The predicted molar refractivity (Wildman–Crippen MR) is 92.9 cm³/mol. The van der Waals surface area contributed by atoms with E-state index in [4.69, 9.17) is 9.47 Å². The Balaban J connectivity index is 1.93. The van der Waals surface area contributed by atoms with Crippen LogP contribution in [0.4, 0.5) is 5.13 Å². The van der Waals surface area contributed by atoms with Gasteiger partial charge < -0.3 is 14.6 Å². The van der Waals surface area contributed by atoms with Gasteiger partial charge in [0, 0.05) is 5.38 Å². The Hall–Kier alpha value is -2.61. The third-order valence-electron chi connectivity index (χ3n) is 2.84. The first-order valence-electron chi connectivity index (χ1n) is 7.47. The Labute approximate surface area is 144 Å². The number of hydrogen-bond donors (Lipinski definition) is 2. The molecule has 0 spiro atoms. The zero-order valence-electron chi connectivity index (χ0n) is 13.5. The zero-order chi connectivity index (χ0) is 17.4. The second-order valence-corrected chi connectivity index (χ2v) is 5.51. The zero-order valence-corrected chi connectivity index (χ0v) is 14.3. The van der Waals surface area contributed by atoms with Gasteiger partial charge >= 0.3 is 5.97 Å². The Kier molecular flexibility index (Phi) is 6.56. The number of aromatic nitrogens is 1. The van der Waals surface area contributed by atoms with E-state index >= 15 is 0 Å². The van der Waals surface area contributed by atoms with Gasteiger partial charge in [0.1, 0.15) is 0 Å². The maximum atomic E-state index is 11.4. The number of hydrogen-bond acceptors (Lipinski definition) is 8. The van der Waals surface area contributed by atoms with E-state index in [-0.39, 0.29) is 18.1 Å². The van der Waals surface area contributed by atoms with Crippen LogP contribution >= 0.6 is 11.3 Å². The standard InChI is InChI=1S/C16H19N3O4S/c1-3-22-14-7-11(5-6-13(14)20)9-17-19-16-18-12(10-24-16)8-15(21)23-4-2/h5-7,9-10,20H,3-4,8H2,1-2H3,(H,18,19). The number of nitrogens with zero attached hydrogens (tertiary/aromatic N) is 2. The van der Waals surface area contributed by atoms with Gasteiger partial charge in [-0.2, -0.15) is 5.10 Å². The lowest BCUT2D eigenvalue weighted by atomic mass is 10.2. The summed E-state index contributed by atoms with van der Waals surface area (Å²) in [6.07, 6.45) is 1.74. The molecule has 2 aromatic rings. The summed E-state index contributed by atoms with van der Waals surface area (Å²) >= 11 is 1.35. The largest absolute Gasteiger partial charge is 0.504 e. The molecule has 0 fully saturated rings. The van der Waals surface area contributed by atoms with Crippen molar-refractivity contribution in [1.29, 1.82) is 0 Å². The van der Waals surface area contributed by atoms with Crippen molar-refractivity contribution in [2.24, 2.45) is 5.10 Å². The van der Waals surface area contributed by atoms with E-state index in [2.05, 4.69) is 15.5 Å². The molecule has 0 bridgehead atoms. The van der Waals surface area contributed by atoms with Gasteiger partial charge in [-0.25, -0.2) is 4.98 Å². The van der Waals surface area contributed by atoms with Crippen molar-refractivity contribution < 1.29 is 19.4 Å². The van der Waals surface area contributed by atoms with E-state index in [1.54, 1.807) is 36.7 Å². The molecule has 0 radical (unpaired) electrons. The number of esters is 1. The molecule has 0 aliphatic heterocycles. The lowest BCUT2D eigenvalue weighted by Crippen LogP contribution is -2.07. The van der Waals surface area contributed by atoms with Crippen molar-refractivity contribution >= 4 is 28.7 Å². The quantitative estimate of drug-likeness (QED) is 0.432. The topological polar surface area (TPSA) is 93.0 Å². The molecule has 8 heteroatoms. The van der Waals surface area contributed by atoms with E-state index in [0.29, 0.717) is 29.8 Å². The number of ether oxygens (including phenoxy) is 2. The average molecular weight is 349 g/mol. The number of hydrazone groups is 1. The van der Waals surface area contributed by atoms with Crippen LogP contribution in [0.25, 0.3) is 0 Å². The van der Waals surface area contributed by atoms with E-state index in [9.17, 15) is 9.90 Å². The fraction of sp³-hybridized carbons (Fsp3) is 0.312. The minimum Gasteiger partial charge on any atom is -0.504 e. The van der Waals surface area contributed by atoms with Crippen molar-refractivity contribution in [3.63, 3.8) is 0 Å². The molecular formula is C16H19N3O4S. The number of aromatic hydroxyl groups is 1. The van der Waals surface area contributed by atoms with Crippen LogP contribution in [0.1, 0.15) is 25.1 Å². The first-order chi connectivity index (χ1) is 11.6. The third kappa shape index (κ3) is 5.24. The normalized spacial score (nSPS) is 10.8. The third-order valence-corrected chi connectivity index (χ3v) is 3.64. The van der Waals surface area contributed by atoms with Crippen LogP contribution in [-0.2, 0) is 16.0 Å². The molecule has 0 saturated carbocycles. The van der Waals surface area contributed by atoms with Gasteiger partial charge in [0.15, 0.2) is 11.5 Å². The number of phenolic OH excluding ortho intramolecular Hbond substituents is 1. The molecule has 2 rings (SSSR count). The highest BCUT2D eigenvalue weighted by atomic mass is 32.1. The number of rotatable bonds is 8. The summed E-state index contributed by atoms with van der Waals surface area (Å²) < 4.78 is 10.2. The van der Waals surface area contributed by atoms with Crippen LogP contribution in [0.3, 0.4) is 0 Å². The number of carbonyl (C=O) groups excluding carboxylic acids is 1. The molecule has 7 nitrogen and oxygen atoms in total. The van der Waals surface area contributed by atoms with Crippen molar-refractivity contribution in [2.45, 2.75) is 20.3 Å². The summed E-state index contributed by atoms with van der Waals surface area (Å²) in [5.74, 6) is 0.198. The number of phenols is 1. The summed E-state index contributed by atoms with van der Waals surface area (Å²) in [5, 5.41) is 16.1. The maximum absolute atomic E-state index is 11.4. The molecule has 1 heterocycles. The molecule has 0 unspecified atom stereocenters. The van der Waals surface area contributed by atoms with Crippen molar-refractivity contribution in [3.8, 4) is 11.5 Å². The fourth-order valence-electron chi connectivity index (χ4n) is 1.84. The van der Waals surface area contributed by atoms with Crippen LogP contribution in [0.15, 0.2) is 28.7 Å². The van der Waals surface area contributed by atoms with Crippen molar-refractivity contribution in [2.75, 3.05) is 18.6 Å². The van der Waals surface area contributed by atoms with Crippen LogP contribution in [0, 0.1) is 0 Å². The van der Waals surface area contributed by atoms with Gasteiger partial charge in [-0.3, -0.25) is 10.2 Å². The summed E-state index contributed by atoms with van der Waals surface area (Å²) in [6, 6.07) is 4.96. The lowest BCUT2D eigenvalue weighted by Gasteiger charge is -2.05. The monoisotopic (exact) mass is 349 g/mol. The molecule has 0 aliphatic rings. The molecule has 1 aromatic heterocycles. The van der Waals surface area contributed by atoms with Gasteiger partial charge in [-0.15, -0.1) is 11.3 Å². The van der Waals surface area contributed by atoms with Crippen LogP contribution < -0.4 is 10.2 Å². The van der Waals surface area contributed by atoms with E-state index < -0.39 is 0 Å². The Morgan fingerprint density at radius 3 is 3.00 bits per heavy atom. The molecule has 0 amide bonds. The maximum Gasteiger partial charge on any atom is 0.311 e. The second-order valence-electron chi connectivity index (χ2n) is 4.66. The van der Waals surface area contributed by atoms with Gasteiger partial charge in [-0.1, -0.05) is 0 Å². The highest BCUT2D eigenvalue weighted by molar-refractivity contribution is 7.13. The smallest absolute Gasteiger partial charge is 0.311 e. The van der Waals surface area contributed by atoms with Crippen LogP contribution in [0.2, 0.25) is 0 Å². The van der Waals surface area contributed by atoms with Crippen molar-refractivity contribution in [3.05, 3.63) is 34.8 Å². The summed E-state index contributed by atoms with van der Waals surface area (Å²) in [7, 11) is 0. The van der Waals surface area contributed by atoms with Gasteiger partial charge in [-0.05, 0) is 37.6 Å². The molecule has 24 heavy (non-hydrogen) atoms. The summed E-state index contributed by atoms with van der Waals surface area (Å²) in [4.78, 5) is 15.6. The van der Waals surface area contributed by atoms with Crippen LogP contribution in [-0.4, -0.2) is 35.5 Å². The molecule has 0 aliphatic carbocycles. The highest BCUT2D eigenvalue weighted by Crippen LogP contribution is 2.26. The molecule has 1 aromatic carbocycles. The molecular weight excluding hydrogens is 330 g/mol. The number of carbonyl (C=O) groups is 1. The van der Waals surface area contributed by atoms with Crippen LogP contribution in [0.5, 0.6) is 11.5 Å². The van der Waals surface area contributed by atoms with Gasteiger partial charge in [0.2, 0.25) is 5.13 Å². The summed E-state index contributed by atoms with van der Waals surface area (Å²) in [5.41, 5.74) is 4.22. The lowest BCUT2D eigenvalue weighted by molar-refractivity contribution is -0.142. The highest BCUT2D eigenvalue weighted by Gasteiger charge is 2.08. The first-order valence-corrected chi connectivity index (χ1v) is 8.35. The number of thiazole rings is 1. The molecule has 128 valence electrons. The van der Waals surface area contributed by atoms with Crippen molar-refractivity contribution in [1.82, 2.24) is 4.98 Å². The van der Waals surface area contributed by atoms with E-state index in [1.807, 2.05) is 6.92 Å². The van der Waals surface area contributed by atoms with Gasteiger partial charge in [0.05, 0.1) is 31.5 Å². The minimum atomic E-state index is -0.301. The van der Waals surface area contributed by atoms with Gasteiger partial charge in [0.25, 0.3) is 0 Å². The number of nitrogens with one attached hydrogen (secondary N) is 1. The predicted octanol–water partition coefficient (Wildman–Crippen LogP) is 2.80. The Morgan fingerprint density at radius 2 is 2.25 bits per heavy atom. The Morgan fingerprint density at radius 1 is 1.42 bits per heavy atom. The minimum absolute atomic E-state index is 0.0884. The van der Waals surface area contributed by atoms with E-state index in [0.717, 1.165) is 5.56 Å². The Bertz CT molecular complexity index is 715. The second kappa shape index (κ2) is 8.88. The molecule has 0 saturated heterocycles. The number of benzene rings is 1. The molecule has 2 N–H and O–H groups in total. The summed E-state index contributed by atoms with van der Waals surface area (Å²) in [6.45, 7) is 4.43. The first kappa shape index (κ1) is 17.7. The fourth-order valence-corrected chi connectivity index (χ4v) is 2.50. The molecule has 0 atom stereocenters. The SMILES string of the molecule is CCOC(=O)Cc1csc(NN=Cc2ccc(O)c(OCC)c2)n1. The number of anilines is 1. The van der Waals surface area contributed by atoms with E-state index in [1.165, 1.54) is 11.3 Å².